The molecule has 3 nitrogen and oxygen atoms in total. The Morgan fingerprint density at radius 1 is 1.33 bits per heavy atom. The first-order valence-electron chi connectivity index (χ1n) is 5.14. The largest absolute Gasteiger partial charge is 0.397 e. The smallest absolute Gasteiger partial charge is 0.0568 e. The van der Waals surface area contributed by atoms with Crippen molar-refractivity contribution in [3.63, 3.8) is 0 Å². The minimum atomic E-state index is 0.637. The molecule has 0 bridgehead atoms. The number of benzene rings is 1. The number of hydrogen-bond donors (Lipinski definition) is 2. The highest BCUT2D eigenvalue weighted by molar-refractivity contribution is 7.99. The summed E-state index contributed by atoms with van der Waals surface area (Å²) in [6.45, 7) is 0. The molecule has 1 fully saturated rings. The molecule has 1 heterocycles. The summed E-state index contributed by atoms with van der Waals surface area (Å²) in [5, 5.41) is 0. The Kier molecular flexibility index (Phi) is 2.95. The van der Waals surface area contributed by atoms with Crippen LogP contribution in [0.4, 0.5) is 17.1 Å². The highest BCUT2D eigenvalue weighted by Crippen LogP contribution is 2.28. The van der Waals surface area contributed by atoms with Gasteiger partial charge >= 0.3 is 0 Å². The monoisotopic (exact) mass is 223 g/mol. The van der Waals surface area contributed by atoms with E-state index in [9.17, 15) is 0 Å². The molecule has 1 aromatic carbocycles. The molecule has 0 amide bonds. The Hall–Kier alpha value is -1.03. The number of thioether (sulfide) groups is 1. The van der Waals surface area contributed by atoms with Crippen LogP contribution < -0.4 is 16.4 Å². The summed E-state index contributed by atoms with van der Waals surface area (Å²) in [5.74, 6) is 2.47. The number of nitrogen functional groups attached to an aromatic ring is 2. The maximum Gasteiger partial charge on any atom is 0.0568 e. The van der Waals surface area contributed by atoms with Crippen LogP contribution in [-0.2, 0) is 0 Å². The summed E-state index contributed by atoms with van der Waals surface area (Å²) >= 11 is 2.01. The lowest BCUT2D eigenvalue weighted by Crippen LogP contribution is -2.31. The molecule has 4 heteroatoms. The first kappa shape index (κ1) is 10.5. The Morgan fingerprint density at radius 3 is 2.73 bits per heavy atom. The SMILES string of the molecule is CN(c1ccc(N)c(N)c1)C1CCSC1. The summed E-state index contributed by atoms with van der Waals surface area (Å²) in [6.07, 6.45) is 1.26. The van der Waals surface area contributed by atoms with Crippen LogP contribution in [0.15, 0.2) is 18.2 Å². The molecule has 1 aliphatic rings. The molecule has 1 aliphatic heterocycles. The Morgan fingerprint density at radius 2 is 2.13 bits per heavy atom. The zero-order valence-corrected chi connectivity index (χ0v) is 9.76. The van der Waals surface area contributed by atoms with Crippen LogP contribution in [0.5, 0.6) is 0 Å². The van der Waals surface area contributed by atoms with Gasteiger partial charge in [0.15, 0.2) is 0 Å². The molecule has 1 unspecified atom stereocenters. The van der Waals surface area contributed by atoms with E-state index in [1.807, 2.05) is 30.0 Å². The maximum absolute atomic E-state index is 5.80. The van der Waals surface area contributed by atoms with Gasteiger partial charge in [0.05, 0.1) is 11.4 Å². The van der Waals surface area contributed by atoms with Gasteiger partial charge in [-0.25, -0.2) is 0 Å². The van der Waals surface area contributed by atoms with Crippen LogP contribution in [0.1, 0.15) is 6.42 Å². The van der Waals surface area contributed by atoms with Gasteiger partial charge in [-0.3, -0.25) is 0 Å². The molecule has 1 aromatic rings. The van der Waals surface area contributed by atoms with Crippen molar-refractivity contribution in [2.75, 3.05) is 34.9 Å². The first-order chi connectivity index (χ1) is 7.18. The molecule has 1 saturated heterocycles. The van der Waals surface area contributed by atoms with E-state index in [-0.39, 0.29) is 0 Å². The van der Waals surface area contributed by atoms with E-state index < -0.39 is 0 Å². The fraction of sp³-hybridized carbons (Fsp3) is 0.455. The van der Waals surface area contributed by atoms with E-state index in [4.69, 9.17) is 11.5 Å². The summed E-state index contributed by atoms with van der Waals surface area (Å²) in [5.41, 5.74) is 14.0. The third-order valence-electron chi connectivity index (χ3n) is 2.93. The minimum Gasteiger partial charge on any atom is -0.397 e. The highest BCUT2D eigenvalue weighted by Gasteiger charge is 2.20. The third kappa shape index (κ3) is 2.15. The fourth-order valence-electron chi connectivity index (χ4n) is 1.82. The van der Waals surface area contributed by atoms with E-state index in [1.54, 1.807) is 0 Å². The molecule has 15 heavy (non-hydrogen) atoms. The van der Waals surface area contributed by atoms with Gasteiger partial charge in [0.2, 0.25) is 0 Å². The van der Waals surface area contributed by atoms with Crippen molar-refractivity contribution in [3.05, 3.63) is 18.2 Å². The molecule has 4 N–H and O–H groups in total. The quantitative estimate of drug-likeness (QED) is 0.751. The molecular weight excluding hydrogens is 206 g/mol. The fourth-order valence-corrected chi connectivity index (χ4v) is 3.09. The van der Waals surface area contributed by atoms with Crippen molar-refractivity contribution in [3.8, 4) is 0 Å². The molecule has 0 radical (unpaired) electrons. The standard InChI is InChI=1S/C11H17N3S/c1-14(9-4-5-15-7-9)8-2-3-10(12)11(13)6-8/h2-3,6,9H,4-5,7,12-13H2,1H3. The molecular formula is C11H17N3S. The third-order valence-corrected chi connectivity index (χ3v) is 4.08. The number of nitrogens with two attached hydrogens (primary N) is 2. The second kappa shape index (κ2) is 4.23. The summed E-state index contributed by atoms with van der Waals surface area (Å²) in [7, 11) is 2.13. The first-order valence-corrected chi connectivity index (χ1v) is 6.29. The van der Waals surface area contributed by atoms with Crippen LogP contribution in [-0.4, -0.2) is 24.6 Å². The van der Waals surface area contributed by atoms with E-state index in [0.717, 1.165) is 5.69 Å². The van der Waals surface area contributed by atoms with Crippen molar-refractivity contribution in [2.24, 2.45) is 0 Å². The molecule has 0 aliphatic carbocycles. The van der Waals surface area contributed by atoms with Crippen molar-refractivity contribution in [2.45, 2.75) is 12.5 Å². The maximum atomic E-state index is 5.80. The second-order valence-corrected chi connectivity index (χ2v) is 5.09. The minimum absolute atomic E-state index is 0.637. The lowest BCUT2D eigenvalue weighted by molar-refractivity contribution is 0.700. The Bertz CT molecular complexity index is 348. The van der Waals surface area contributed by atoms with Gasteiger partial charge in [-0.1, -0.05) is 0 Å². The van der Waals surface area contributed by atoms with E-state index >= 15 is 0 Å². The molecule has 1 atom stereocenters. The number of hydrogen-bond acceptors (Lipinski definition) is 4. The molecule has 0 spiro atoms. The van der Waals surface area contributed by atoms with Gasteiger partial charge in [-0.15, -0.1) is 0 Å². The number of anilines is 3. The lowest BCUT2D eigenvalue weighted by atomic mass is 10.2. The van der Waals surface area contributed by atoms with Crippen molar-refractivity contribution in [1.29, 1.82) is 0 Å². The zero-order chi connectivity index (χ0) is 10.8. The van der Waals surface area contributed by atoms with E-state index in [1.165, 1.54) is 17.9 Å². The topological polar surface area (TPSA) is 55.3 Å². The van der Waals surface area contributed by atoms with Crippen LogP contribution in [0, 0.1) is 0 Å². The highest BCUT2D eigenvalue weighted by atomic mass is 32.2. The average Bonchev–Trinajstić information content (AvgIpc) is 2.74. The predicted octanol–water partition coefficient (Wildman–Crippen LogP) is 1.79. The molecule has 0 saturated carbocycles. The van der Waals surface area contributed by atoms with E-state index in [2.05, 4.69) is 11.9 Å². The molecule has 0 aromatic heterocycles. The van der Waals surface area contributed by atoms with Crippen molar-refractivity contribution in [1.82, 2.24) is 0 Å². The van der Waals surface area contributed by atoms with Gasteiger partial charge in [0, 0.05) is 24.5 Å². The van der Waals surface area contributed by atoms with Gasteiger partial charge in [-0.2, -0.15) is 11.8 Å². The summed E-state index contributed by atoms with van der Waals surface area (Å²) < 4.78 is 0. The van der Waals surface area contributed by atoms with Crippen molar-refractivity contribution < 1.29 is 0 Å². The zero-order valence-electron chi connectivity index (χ0n) is 8.94. The molecule has 2 rings (SSSR count). The van der Waals surface area contributed by atoms with Crippen LogP contribution >= 0.6 is 11.8 Å². The van der Waals surface area contributed by atoms with Crippen LogP contribution in [0.25, 0.3) is 0 Å². The normalized spacial score (nSPS) is 20.5. The summed E-state index contributed by atoms with van der Waals surface area (Å²) in [4.78, 5) is 2.30. The van der Waals surface area contributed by atoms with Crippen LogP contribution in [0.2, 0.25) is 0 Å². The Balaban J connectivity index is 2.17. The average molecular weight is 223 g/mol. The van der Waals surface area contributed by atoms with E-state index in [0.29, 0.717) is 17.4 Å². The second-order valence-electron chi connectivity index (χ2n) is 3.94. The Labute approximate surface area is 94.8 Å². The van der Waals surface area contributed by atoms with Gasteiger partial charge in [0.25, 0.3) is 0 Å². The number of rotatable bonds is 2. The van der Waals surface area contributed by atoms with Crippen LogP contribution in [0.3, 0.4) is 0 Å². The number of nitrogens with zero attached hydrogens (tertiary/aromatic N) is 1. The van der Waals surface area contributed by atoms with Gasteiger partial charge < -0.3 is 16.4 Å². The van der Waals surface area contributed by atoms with Gasteiger partial charge in [0.1, 0.15) is 0 Å². The van der Waals surface area contributed by atoms with Gasteiger partial charge in [-0.05, 0) is 30.4 Å². The lowest BCUT2D eigenvalue weighted by Gasteiger charge is -2.26. The summed E-state index contributed by atoms with van der Waals surface area (Å²) in [6, 6.07) is 6.51. The predicted molar refractivity (Wildman–Crippen MR) is 69.4 cm³/mol. The van der Waals surface area contributed by atoms with Crippen molar-refractivity contribution >= 4 is 28.8 Å². The molecule has 82 valence electrons.